The van der Waals surface area contributed by atoms with Crippen molar-refractivity contribution in [2.45, 2.75) is 0 Å². The molecular weight excluding hydrogens is 115 g/mol. The molecule has 0 bridgehead atoms. The van der Waals surface area contributed by atoms with Gasteiger partial charge in [0.2, 0.25) is 0 Å². The van der Waals surface area contributed by atoms with Crippen molar-refractivity contribution in [3.63, 3.8) is 0 Å². The van der Waals surface area contributed by atoms with Crippen molar-refractivity contribution < 1.29 is 8.42 Å². The van der Waals surface area contributed by atoms with Gasteiger partial charge in [0.25, 0.3) is 10.2 Å². The summed E-state index contributed by atoms with van der Waals surface area (Å²) in [7, 11) is -3.67. The van der Waals surface area contributed by atoms with Crippen LogP contribution in [0.1, 0.15) is 0 Å². The van der Waals surface area contributed by atoms with Crippen molar-refractivity contribution in [1.82, 2.24) is 0 Å². The van der Waals surface area contributed by atoms with Gasteiger partial charge in [-0.25, -0.2) is 10.3 Å². The van der Waals surface area contributed by atoms with Gasteiger partial charge in [0.1, 0.15) is 0 Å². The van der Waals surface area contributed by atoms with Gasteiger partial charge >= 0.3 is 29.6 Å². The molecule has 34 valence electrons. The van der Waals surface area contributed by atoms with E-state index >= 15 is 0 Å². The van der Waals surface area contributed by atoms with Crippen LogP contribution >= 0.6 is 0 Å². The third-order valence-corrected chi connectivity index (χ3v) is 0. The predicted molar refractivity (Wildman–Crippen MR) is 24.4 cm³/mol. The average Bonchev–Trinajstić information content (AvgIpc) is 0.722. The van der Waals surface area contributed by atoms with Gasteiger partial charge in [0.05, 0.1) is 0 Å². The van der Waals surface area contributed by atoms with Crippen LogP contribution in [-0.4, -0.2) is 38.0 Å². The van der Waals surface area contributed by atoms with Crippen LogP contribution in [0.3, 0.4) is 0 Å². The molecule has 6 heavy (non-hydrogen) atoms. The Kier molecular flexibility index (Phi) is 4.91. The van der Waals surface area contributed by atoms with E-state index in [1.807, 2.05) is 0 Å². The van der Waals surface area contributed by atoms with Gasteiger partial charge in [0, 0.05) is 0 Å². The Labute approximate surface area is 58.4 Å². The summed E-state index contributed by atoms with van der Waals surface area (Å²) < 4.78 is 18.4. The number of rotatable bonds is 0. The Morgan fingerprint density at radius 3 is 1.17 bits per heavy atom. The summed E-state index contributed by atoms with van der Waals surface area (Å²) in [5, 5.41) is 8.21. The van der Waals surface area contributed by atoms with Crippen molar-refractivity contribution in [2.75, 3.05) is 0 Å². The summed E-state index contributed by atoms with van der Waals surface area (Å²) in [6, 6.07) is 0. The average molecular weight is 120 g/mol. The summed E-state index contributed by atoms with van der Waals surface area (Å²) in [5.41, 5.74) is 0. The normalized spacial score (nSPS) is 9.67. The van der Waals surface area contributed by atoms with E-state index in [4.69, 9.17) is 0 Å². The molecule has 0 radical (unpaired) electrons. The van der Waals surface area contributed by atoms with Gasteiger partial charge in [-0.15, -0.1) is 0 Å². The van der Waals surface area contributed by atoms with Crippen LogP contribution in [0.2, 0.25) is 0 Å². The van der Waals surface area contributed by atoms with Gasteiger partial charge < -0.3 is 0 Å². The third-order valence-electron chi connectivity index (χ3n) is 0. The van der Waals surface area contributed by atoms with E-state index in [-0.39, 0.29) is 29.6 Å². The maximum atomic E-state index is 9.19. The van der Waals surface area contributed by atoms with E-state index in [0.717, 1.165) is 0 Å². The second kappa shape index (κ2) is 2.95. The summed E-state index contributed by atoms with van der Waals surface area (Å²) in [6.07, 6.45) is 0. The second-order valence-electron chi connectivity index (χ2n) is 0.589. The standard InChI is InChI=1S/H4N2O2S.Na.H/c1-5(2,3)4;;/h(H4,1,2,3,4);;. The first-order chi connectivity index (χ1) is 2.00. The molecule has 0 unspecified atom stereocenters. The van der Waals surface area contributed by atoms with Crippen LogP contribution in [0.5, 0.6) is 0 Å². The summed E-state index contributed by atoms with van der Waals surface area (Å²) in [4.78, 5) is 0. The zero-order valence-electron chi connectivity index (χ0n) is 2.38. The van der Waals surface area contributed by atoms with Crippen LogP contribution in [0.4, 0.5) is 0 Å². The molecule has 0 saturated carbocycles. The minimum atomic E-state index is -3.67. The van der Waals surface area contributed by atoms with Gasteiger partial charge in [-0.05, 0) is 0 Å². The minimum absolute atomic E-state index is 0. The molecule has 0 atom stereocenters. The van der Waals surface area contributed by atoms with Gasteiger partial charge in [-0.2, -0.15) is 8.42 Å². The van der Waals surface area contributed by atoms with E-state index < -0.39 is 10.2 Å². The predicted octanol–water partition coefficient (Wildman–Crippen LogP) is -2.50. The molecule has 0 spiro atoms. The summed E-state index contributed by atoms with van der Waals surface area (Å²) in [5.74, 6) is 0. The van der Waals surface area contributed by atoms with Gasteiger partial charge in [-0.1, -0.05) is 0 Å². The number of nitrogens with two attached hydrogens (primary N) is 2. The third kappa shape index (κ3) is 96.4. The molecule has 4 N–H and O–H groups in total. The molecule has 0 heterocycles. The van der Waals surface area contributed by atoms with E-state index in [1.54, 1.807) is 0 Å². The fourth-order valence-corrected chi connectivity index (χ4v) is 0. The molecule has 0 aliphatic carbocycles. The van der Waals surface area contributed by atoms with Crippen LogP contribution in [0.25, 0.3) is 0 Å². The number of hydrogen-bond acceptors (Lipinski definition) is 2. The molecule has 0 aliphatic rings. The Balaban J connectivity index is 0. The molecule has 0 aromatic heterocycles. The van der Waals surface area contributed by atoms with Crippen molar-refractivity contribution in [3.05, 3.63) is 0 Å². The Hall–Kier alpha value is 0.870. The molecular formula is H5N2NaO2S. The maximum absolute atomic E-state index is 9.19. The first kappa shape index (κ1) is 9.98. The van der Waals surface area contributed by atoms with Crippen molar-refractivity contribution in [3.8, 4) is 0 Å². The Morgan fingerprint density at radius 1 is 1.17 bits per heavy atom. The van der Waals surface area contributed by atoms with Gasteiger partial charge in [-0.3, -0.25) is 0 Å². The monoisotopic (exact) mass is 120 g/mol. The van der Waals surface area contributed by atoms with Crippen LogP contribution in [-0.2, 0) is 10.2 Å². The molecule has 0 amide bonds. The van der Waals surface area contributed by atoms with E-state index in [9.17, 15) is 8.42 Å². The molecule has 0 aromatic rings. The Bertz CT molecular complexity index is 94.7. The molecule has 0 aliphatic heterocycles. The first-order valence-electron chi connectivity index (χ1n) is 0.805. The Morgan fingerprint density at radius 2 is 1.17 bits per heavy atom. The SMILES string of the molecule is NS(N)(=O)=O.[NaH]. The van der Waals surface area contributed by atoms with Crippen LogP contribution in [0.15, 0.2) is 0 Å². The fraction of sp³-hybridized carbons (Fsp3) is 0. The quantitative estimate of drug-likeness (QED) is 0.346. The molecule has 0 rings (SSSR count). The molecule has 0 aromatic carbocycles. The number of hydrogen-bond donors (Lipinski definition) is 2. The molecule has 6 heteroatoms. The van der Waals surface area contributed by atoms with Crippen LogP contribution < -0.4 is 10.3 Å². The molecule has 4 nitrogen and oxygen atoms in total. The first-order valence-corrected chi connectivity index (χ1v) is 2.41. The fourth-order valence-electron chi connectivity index (χ4n) is 0. The van der Waals surface area contributed by atoms with Crippen molar-refractivity contribution >= 4 is 39.8 Å². The zero-order valence-corrected chi connectivity index (χ0v) is 3.20. The van der Waals surface area contributed by atoms with Crippen molar-refractivity contribution in [1.29, 1.82) is 0 Å². The summed E-state index contributed by atoms with van der Waals surface area (Å²) >= 11 is 0. The topological polar surface area (TPSA) is 86.2 Å². The van der Waals surface area contributed by atoms with E-state index in [1.165, 1.54) is 0 Å². The second-order valence-corrected chi connectivity index (χ2v) is 1.77. The molecule has 0 fully saturated rings. The molecule has 0 saturated heterocycles. The van der Waals surface area contributed by atoms with Gasteiger partial charge in [0.15, 0.2) is 0 Å². The van der Waals surface area contributed by atoms with Crippen LogP contribution in [0, 0.1) is 0 Å². The zero-order chi connectivity index (χ0) is 4.50. The van der Waals surface area contributed by atoms with Crippen molar-refractivity contribution in [2.24, 2.45) is 10.3 Å². The van der Waals surface area contributed by atoms with E-state index in [0.29, 0.717) is 0 Å². The van der Waals surface area contributed by atoms with E-state index in [2.05, 4.69) is 10.3 Å². The summed E-state index contributed by atoms with van der Waals surface area (Å²) in [6.45, 7) is 0.